The van der Waals surface area contributed by atoms with Gasteiger partial charge in [0, 0.05) is 30.8 Å². The Kier molecular flexibility index (Phi) is 10.4. The van der Waals surface area contributed by atoms with Crippen molar-refractivity contribution in [3.63, 3.8) is 0 Å². The molecule has 0 unspecified atom stereocenters. The molecule has 32 heavy (non-hydrogen) atoms. The average molecular weight is 459 g/mol. The molecule has 1 heterocycles. The molecule has 1 amide bonds. The summed E-state index contributed by atoms with van der Waals surface area (Å²) in [6, 6.07) is 14.0. The highest BCUT2D eigenvalue weighted by Crippen LogP contribution is 2.16. The van der Waals surface area contributed by atoms with Crippen molar-refractivity contribution in [1.82, 2.24) is 15.3 Å². The average Bonchev–Trinajstić information content (AvgIpc) is 2.78. The minimum absolute atomic E-state index is 0. The third-order valence-corrected chi connectivity index (χ3v) is 4.45. The summed E-state index contributed by atoms with van der Waals surface area (Å²) >= 11 is 0. The van der Waals surface area contributed by atoms with Crippen molar-refractivity contribution < 1.29 is 19.7 Å². The van der Waals surface area contributed by atoms with E-state index in [9.17, 15) is 15.0 Å². The Balaban J connectivity index is 0.00000363. The van der Waals surface area contributed by atoms with Gasteiger partial charge in [0.15, 0.2) is 0 Å². The van der Waals surface area contributed by atoms with Gasteiger partial charge >= 0.3 is 0 Å². The van der Waals surface area contributed by atoms with E-state index in [4.69, 9.17) is 4.74 Å². The van der Waals surface area contributed by atoms with Gasteiger partial charge < -0.3 is 25.6 Å². The van der Waals surface area contributed by atoms with Crippen LogP contribution in [0.25, 0.3) is 0 Å². The first kappa shape index (κ1) is 25.1. The number of carbonyl (C=O) groups is 1. The normalized spacial score (nSPS) is 11.3. The molecule has 1 atom stereocenters. The fourth-order valence-corrected chi connectivity index (χ4v) is 2.84. The van der Waals surface area contributed by atoms with E-state index in [1.807, 2.05) is 24.3 Å². The van der Waals surface area contributed by atoms with E-state index in [1.165, 1.54) is 12.1 Å². The molecule has 0 fully saturated rings. The third-order valence-electron chi connectivity index (χ3n) is 4.45. The van der Waals surface area contributed by atoms with E-state index in [-0.39, 0.29) is 37.1 Å². The molecule has 9 heteroatoms. The topological polar surface area (TPSA) is 117 Å². The van der Waals surface area contributed by atoms with Crippen LogP contribution >= 0.6 is 12.4 Å². The van der Waals surface area contributed by atoms with Crippen molar-refractivity contribution in [2.24, 2.45) is 0 Å². The van der Waals surface area contributed by atoms with Crippen molar-refractivity contribution in [2.45, 2.75) is 18.9 Å². The summed E-state index contributed by atoms with van der Waals surface area (Å²) in [5.41, 5.74) is 2.47. The van der Waals surface area contributed by atoms with Gasteiger partial charge in [-0.25, -0.2) is 0 Å². The van der Waals surface area contributed by atoms with E-state index in [2.05, 4.69) is 20.6 Å². The Bertz CT molecular complexity index is 940. The molecule has 0 aliphatic rings. The standard InChI is InChI=1S/C23H26N4O4.ClH/c28-20-5-7-22(8-6-20)31-16-21(29)15-24-10-9-17-1-3-18(4-2-17)27-23(30)13-19-14-25-11-12-26-19;/h1-8,11-12,14,21,24,28-29H,9-10,13,15-16H2,(H,27,30);1H/t21-;/m0./s1. The van der Waals surface area contributed by atoms with Crippen LogP contribution in [-0.2, 0) is 17.6 Å². The van der Waals surface area contributed by atoms with E-state index >= 15 is 0 Å². The predicted octanol–water partition coefficient (Wildman–Crippen LogP) is 2.36. The lowest BCUT2D eigenvalue weighted by atomic mass is 10.1. The lowest BCUT2D eigenvalue weighted by Gasteiger charge is -2.13. The molecule has 0 saturated carbocycles. The SMILES string of the molecule is Cl.O=C(Cc1cnccn1)Nc1ccc(CCNC[C@H](O)COc2ccc(O)cc2)cc1. The summed E-state index contributed by atoms with van der Waals surface area (Å²) < 4.78 is 5.48. The summed E-state index contributed by atoms with van der Waals surface area (Å²) in [5.74, 6) is 0.631. The highest BCUT2D eigenvalue weighted by molar-refractivity contribution is 5.91. The third kappa shape index (κ3) is 8.89. The van der Waals surface area contributed by atoms with Gasteiger partial charge in [-0.3, -0.25) is 14.8 Å². The number of nitrogens with one attached hydrogen (secondary N) is 2. The number of phenols is 1. The zero-order valence-corrected chi connectivity index (χ0v) is 18.3. The zero-order chi connectivity index (χ0) is 21.9. The minimum Gasteiger partial charge on any atom is -0.508 e. The van der Waals surface area contributed by atoms with Gasteiger partial charge in [-0.15, -0.1) is 12.4 Å². The number of anilines is 1. The van der Waals surface area contributed by atoms with Crippen LogP contribution in [0.2, 0.25) is 0 Å². The molecule has 170 valence electrons. The van der Waals surface area contributed by atoms with Gasteiger partial charge in [0.25, 0.3) is 0 Å². The number of aromatic nitrogens is 2. The molecular weight excluding hydrogens is 432 g/mol. The van der Waals surface area contributed by atoms with E-state index in [0.29, 0.717) is 24.5 Å². The van der Waals surface area contributed by atoms with E-state index in [1.54, 1.807) is 30.7 Å². The number of rotatable bonds is 11. The molecule has 4 N–H and O–H groups in total. The molecule has 0 bridgehead atoms. The van der Waals surface area contributed by atoms with E-state index < -0.39 is 6.10 Å². The number of phenolic OH excluding ortho intramolecular Hbond substituents is 1. The molecule has 3 rings (SSSR count). The minimum atomic E-state index is -0.638. The van der Waals surface area contributed by atoms with Gasteiger partial charge in [0.05, 0.1) is 12.1 Å². The Morgan fingerprint density at radius 1 is 1.06 bits per heavy atom. The van der Waals surface area contributed by atoms with Gasteiger partial charge in [0.2, 0.25) is 5.91 Å². The van der Waals surface area contributed by atoms with Gasteiger partial charge in [-0.05, 0) is 54.9 Å². The highest BCUT2D eigenvalue weighted by Gasteiger charge is 2.07. The molecule has 0 aliphatic carbocycles. The Morgan fingerprint density at radius 3 is 2.50 bits per heavy atom. The summed E-state index contributed by atoms with van der Waals surface area (Å²) in [7, 11) is 0. The number of amides is 1. The second-order valence-corrected chi connectivity index (χ2v) is 7.03. The molecule has 2 aromatic carbocycles. The monoisotopic (exact) mass is 458 g/mol. The first-order valence-electron chi connectivity index (χ1n) is 10.0. The molecular formula is C23H27ClN4O4. The number of halogens is 1. The van der Waals surface area contributed by atoms with Crippen LogP contribution in [0.15, 0.2) is 67.1 Å². The lowest BCUT2D eigenvalue weighted by Crippen LogP contribution is -2.32. The van der Waals surface area contributed by atoms with Gasteiger partial charge in [-0.1, -0.05) is 12.1 Å². The summed E-state index contributed by atoms with van der Waals surface area (Å²) in [5, 5.41) is 25.3. The maximum Gasteiger partial charge on any atom is 0.230 e. The van der Waals surface area contributed by atoms with Crippen LogP contribution in [0.4, 0.5) is 5.69 Å². The number of hydrogen-bond acceptors (Lipinski definition) is 7. The van der Waals surface area contributed by atoms with Crippen LogP contribution in [0.5, 0.6) is 11.5 Å². The largest absolute Gasteiger partial charge is 0.508 e. The molecule has 0 spiro atoms. The fraction of sp³-hybridized carbons (Fsp3) is 0.261. The number of carbonyl (C=O) groups excluding carboxylic acids is 1. The summed E-state index contributed by atoms with van der Waals surface area (Å²) in [4.78, 5) is 20.1. The maximum atomic E-state index is 12.1. The molecule has 3 aromatic rings. The fourth-order valence-electron chi connectivity index (χ4n) is 2.84. The summed E-state index contributed by atoms with van der Waals surface area (Å²) in [6.45, 7) is 1.28. The van der Waals surface area contributed by atoms with Crippen molar-refractivity contribution in [3.8, 4) is 11.5 Å². The number of ether oxygens (including phenoxy) is 1. The number of benzene rings is 2. The molecule has 0 aliphatic heterocycles. The first-order chi connectivity index (χ1) is 15.1. The van der Waals surface area contributed by atoms with Crippen molar-refractivity contribution in [2.75, 3.05) is 25.0 Å². The Labute approximate surface area is 193 Å². The summed E-state index contributed by atoms with van der Waals surface area (Å²) in [6.07, 6.45) is 5.04. The molecule has 0 radical (unpaired) electrons. The highest BCUT2D eigenvalue weighted by atomic mass is 35.5. The van der Waals surface area contributed by atoms with Gasteiger partial charge in [-0.2, -0.15) is 0 Å². The van der Waals surface area contributed by atoms with Crippen LogP contribution < -0.4 is 15.4 Å². The number of aliphatic hydroxyl groups excluding tert-OH is 1. The maximum absolute atomic E-state index is 12.1. The molecule has 1 aromatic heterocycles. The Hall–Kier alpha value is -3.20. The van der Waals surface area contributed by atoms with Crippen molar-refractivity contribution in [1.29, 1.82) is 0 Å². The molecule has 0 saturated heterocycles. The predicted molar refractivity (Wildman–Crippen MR) is 124 cm³/mol. The lowest BCUT2D eigenvalue weighted by molar-refractivity contribution is -0.115. The number of aliphatic hydroxyl groups is 1. The molecule has 8 nitrogen and oxygen atoms in total. The van der Waals surface area contributed by atoms with Crippen LogP contribution in [0, 0.1) is 0 Å². The second-order valence-electron chi connectivity index (χ2n) is 7.03. The zero-order valence-electron chi connectivity index (χ0n) is 17.5. The van der Waals surface area contributed by atoms with Crippen LogP contribution in [-0.4, -0.2) is 51.9 Å². The van der Waals surface area contributed by atoms with E-state index in [0.717, 1.165) is 17.7 Å². The smallest absolute Gasteiger partial charge is 0.230 e. The quantitative estimate of drug-likeness (QED) is 0.326. The van der Waals surface area contributed by atoms with Crippen molar-refractivity contribution in [3.05, 3.63) is 78.4 Å². The first-order valence-corrected chi connectivity index (χ1v) is 10.0. The van der Waals surface area contributed by atoms with Crippen LogP contribution in [0.1, 0.15) is 11.3 Å². The Morgan fingerprint density at radius 2 is 1.81 bits per heavy atom. The van der Waals surface area contributed by atoms with Crippen LogP contribution in [0.3, 0.4) is 0 Å². The van der Waals surface area contributed by atoms with Crippen molar-refractivity contribution >= 4 is 24.0 Å². The number of nitrogens with zero attached hydrogens (tertiary/aromatic N) is 2. The number of aromatic hydroxyl groups is 1. The van der Waals surface area contributed by atoms with Gasteiger partial charge in [0.1, 0.15) is 24.2 Å². The second kappa shape index (κ2) is 13.3. The number of hydrogen-bond donors (Lipinski definition) is 4.